The van der Waals surface area contributed by atoms with Crippen LogP contribution in [0.1, 0.15) is 23.7 Å². The Morgan fingerprint density at radius 2 is 1.97 bits per heavy atom. The zero-order valence-electron chi connectivity index (χ0n) is 16.9. The van der Waals surface area contributed by atoms with E-state index in [1.54, 1.807) is 12.3 Å². The first-order chi connectivity index (χ1) is 14.0. The number of aliphatic hydroxyl groups is 1. The van der Waals surface area contributed by atoms with Crippen LogP contribution in [-0.2, 0) is 6.42 Å². The molecule has 0 amide bonds. The molecule has 7 heteroatoms. The van der Waals surface area contributed by atoms with E-state index >= 15 is 0 Å². The maximum absolute atomic E-state index is 11.7. The number of anilines is 1. The molecule has 0 radical (unpaired) electrons. The summed E-state index contributed by atoms with van der Waals surface area (Å²) in [5.74, 6) is 1.93. The van der Waals surface area contributed by atoms with E-state index in [1.807, 2.05) is 45.0 Å². The van der Waals surface area contributed by atoms with Crippen LogP contribution < -0.4 is 15.6 Å². The number of rotatable bonds is 8. The standard InChI is InChI=1S/C22H26N4O3/c1-4-17-10-20(28)26-22(25-17)16-8-9-19(23-11-16)24-12-18(27)13-29-21-14(2)6-5-7-15(21)3/h5-11,18,27H,4,12-13H2,1-3H3,(H,23,24)(H,25,26,28). The topological polar surface area (TPSA) is 100 Å². The number of hydrogen-bond acceptors (Lipinski definition) is 6. The highest BCUT2D eigenvalue weighted by atomic mass is 16.5. The number of ether oxygens (including phenoxy) is 1. The van der Waals surface area contributed by atoms with Crippen molar-refractivity contribution >= 4 is 5.82 Å². The number of aryl methyl sites for hydroxylation is 3. The van der Waals surface area contributed by atoms with Crippen LogP contribution in [0.5, 0.6) is 5.75 Å². The number of aromatic nitrogens is 3. The maximum Gasteiger partial charge on any atom is 0.251 e. The number of nitrogens with zero attached hydrogens (tertiary/aromatic N) is 2. The molecule has 3 aromatic rings. The molecule has 3 N–H and O–H groups in total. The zero-order chi connectivity index (χ0) is 20.8. The zero-order valence-corrected chi connectivity index (χ0v) is 16.9. The first kappa shape index (κ1) is 20.5. The van der Waals surface area contributed by atoms with Crippen molar-refractivity contribution < 1.29 is 9.84 Å². The highest BCUT2D eigenvalue weighted by Crippen LogP contribution is 2.22. The summed E-state index contributed by atoms with van der Waals surface area (Å²) in [6.07, 6.45) is 1.64. The summed E-state index contributed by atoms with van der Waals surface area (Å²) < 4.78 is 5.78. The van der Waals surface area contributed by atoms with Crippen LogP contribution in [0.2, 0.25) is 0 Å². The van der Waals surface area contributed by atoms with Crippen LogP contribution >= 0.6 is 0 Å². The first-order valence-corrected chi connectivity index (χ1v) is 9.64. The minimum absolute atomic E-state index is 0.180. The van der Waals surface area contributed by atoms with E-state index in [0.717, 1.165) is 28.1 Å². The molecule has 0 aliphatic carbocycles. The molecule has 29 heavy (non-hydrogen) atoms. The van der Waals surface area contributed by atoms with E-state index < -0.39 is 6.10 Å². The number of hydrogen-bond donors (Lipinski definition) is 3. The summed E-state index contributed by atoms with van der Waals surface area (Å²) >= 11 is 0. The predicted octanol–water partition coefficient (Wildman–Crippen LogP) is 2.86. The molecule has 0 bridgehead atoms. The lowest BCUT2D eigenvalue weighted by Gasteiger charge is -2.16. The Morgan fingerprint density at radius 1 is 1.21 bits per heavy atom. The lowest BCUT2D eigenvalue weighted by Crippen LogP contribution is -2.26. The maximum atomic E-state index is 11.7. The van der Waals surface area contributed by atoms with Crippen molar-refractivity contribution in [2.75, 3.05) is 18.5 Å². The Bertz CT molecular complexity index is 995. The van der Waals surface area contributed by atoms with Gasteiger partial charge < -0.3 is 20.1 Å². The van der Waals surface area contributed by atoms with Crippen LogP contribution in [-0.4, -0.2) is 39.3 Å². The van der Waals surface area contributed by atoms with E-state index in [-0.39, 0.29) is 12.2 Å². The third kappa shape index (κ3) is 5.42. The van der Waals surface area contributed by atoms with Crippen molar-refractivity contribution in [3.63, 3.8) is 0 Å². The molecular weight excluding hydrogens is 368 g/mol. The molecule has 0 aliphatic rings. The third-order valence-corrected chi connectivity index (χ3v) is 4.54. The van der Waals surface area contributed by atoms with Crippen molar-refractivity contribution in [1.82, 2.24) is 15.0 Å². The lowest BCUT2D eigenvalue weighted by atomic mass is 10.1. The average Bonchev–Trinajstić information content (AvgIpc) is 2.71. The minimum atomic E-state index is -0.685. The smallest absolute Gasteiger partial charge is 0.251 e. The van der Waals surface area contributed by atoms with Gasteiger partial charge in [0.05, 0.1) is 0 Å². The fraction of sp³-hybridized carbons (Fsp3) is 0.318. The van der Waals surface area contributed by atoms with E-state index in [9.17, 15) is 9.90 Å². The molecule has 0 fully saturated rings. The van der Waals surface area contributed by atoms with Gasteiger partial charge in [-0.2, -0.15) is 0 Å². The molecule has 0 aliphatic heterocycles. The molecule has 1 unspecified atom stereocenters. The Kier molecular flexibility index (Phi) is 6.61. The quantitative estimate of drug-likeness (QED) is 0.543. The van der Waals surface area contributed by atoms with Crippen molar-refractivity contribution in [3.05, 3.63) is 69.8 Å². The van der Waals surface area contributed by atoms with Gasteiger partial charge in [0, 0.05) is 30.1 Å². The number of nitrogens with one attached hydrogen (secondary N) is 2. The molecule has 152 valence electrons. The van der Waals surface area contributed by atoms with Crippen molar-refractivity contribution in [2.45, 2.75) is 33.3 Å². The fourth-order valence-corrected chi connectivity index (χ4v) is 2.95. The van der Waals surface area contributed by atoms with Gasteiger partial charge in [0.1, 0.15) is 30.1 Å². The Hall–Kier alpha value is -3.19. The third-order valence-electron chi connectivity index (χ3n) is 4.54. The van der Waals surface area contributed by atoms with Crippen molar-refractivity contribution in [1.29, 1.82) is 0 Å². The van der Waals surface area contributed by atoms with Gasteiger partial charge in [-0.3, -0.25) is 4.79 Å². The summed E-state index contributed by atoms with van der Waals surface area (Å²) in [4.78, 5) is 23.2. The summed E-state index contributed by atoms with van der Waals surface area (Å²) in [6, 6.07) is 11.1. The molecule has 7 nitrogen and oxygen atoms in total. The summed E-state index contributed by atoms with van der Waals surface area (Å²) in [7, 11) is 0. The molecule has 1 aromatic carbocycles. The van der Waals surface area contributed by atoms with Crippen molar-refractivity contribution in [2.24, 2.45) is 0 Å². The largest absolute Gasteiger partial charge is 0.490 e. The van der Waals surface area contributed by atoms with E-state index in [1.165, 1.54) is 6.07 Å². The van der Waals surface area contributed by atoms with Gasteiger partial charge in [0.25, 0.3) is 5.56 Å². The monoisotopic (exact) mass is 394 g/mol. The lowest BCUT2D eigenvalue weighted by molar-refractivity contribution is 0.116. The van der Waals surface area contributed by atoms with Gasteiger partial charge >= 0.3 is 0 Å². The number of aliphatic hydroxyl groups excluding tert-OH is 1. The minimum Gasteiger partial charge on any atom is -0.490 e. The van der Waals surface area contributed by atoms with Gasteiger partial charge in [0.2, 0.25) is 0 Å². The normalized spacial score (nSPS) is 11.9. The second-order valence-corrected chi connectivity index (χ2v) is 6.94. The van der Waals surface area contributed by atoms with E-state index in [4.69, 9.17) is 4.74 Å². The second kappa shape index (κ2) is 9.34. The van der Waals surface area contributed by atoms with Crippen LogP contribution in [0.4, 0.5) is 5.82 Å². The Morgan fingerprint density at radius 3 is 2.62 bits per heavy atom. The number of H-pyrrole nitrogens is 1. The summed E-state index contributed by atoms with van der Waals surface area (Å²) in [5.41, 5.74) is 3.36. The molecule has 0 saturated carbocycles. The summed E-state index contributed by atoms with van der Waals surface area (Å²) in [5, 5.41) is 13.3. The molecule has 3 rings (SSSR count). The van der Waals surface area contributed by atoms with Crippen LogP contribution in [0.3, 0.4) is 0 Å². The van der Waals surface area contributed by atoms with Gasteiger partial charge in [0.15, 0.2) is 0 Å². The molecule has 1 atom stereocenters. The SMILES string of the molecule is CCc1cc(=O)[nH]c(-c2ccc(NCC(O)COc3c(C)cccc3C)nc2)n1. The second-order valence-electron chi connectivity index (χ2n) is 6.94. The Balaban J connectivity index is 1.56. The first-order valence-electron chi connectivity index (χ1n) is 9.64. The van der Waals surface area contributed by atoms with Crippen LogP contribution in [0.15, 0.2) is 47.4 Å². The number of aromatic amines is 1. The summed E-state index contributed by atoms with van der Waals surface area (Å²) in [6.45, 7) is 6.41. The molecule has 0 saturated heterocycles. The average molecular weight is 394 g/mol. The number of para-hydroxylation sites is 1. The molecule has 0 spiro atoms. The van der Waals surface area contributed by atoms with Crippen molar-refractivity contribution in [3.8, 4) is 17.1 Å². The number of benzene rings is 1. The fourth-order valence-electron chi connectivity index (χ4n) is 2.95. The van der Waals surface area contributed by atoms with Crippen LogP contribution in [0.25, 0.3) is 11.4 Å². The Labute approximate surface area is 169 Å². The predicted molar refractivity (Wildman–Crippen MR) is 113 cm³/mol. The van der Waals surface area contributed by atoms with E-state index in [0.29, 0.717) is 24.6 Å². The highest BCUT2D eigenvalue weighted by molar-refractivity contribution is 5.55. The van der Waals surface area contributed by atoms with E-state index in [2.05, 4.69) is 20.3 Å². The highest BCUT2D eigenvalue weighted by Gasteiger charge is 2.09. The number of pyridine rings is 1. The van der Waals surface area contributed by atoms with Gasteiger partial charge in [-0.1, -0.05) is 25.1 Å². The van der Waals surface area contributed by atoms with Crippen LogP contribution in [0, 0.1) is 13.8 Å². The molecule has 2 aromatic heterocycles. The molecular formula is C22H26N4O3. The van der Waals surface area contributed by atoms with Gasteiger partial charge in [-0.05, 0) is 43.5 Å². The van der Waals surface area contributed by atoms with Gasteiger partial charge in [-0.15, -0.1) is 0 Å². The van der Waals surface area contributed by atoms with Gasteiger partial charge in [-0.25, -0.2) is 9.97 Å². The molecule has 2 heterocycles.